The van der Waals surface area contributed by atoms with Crippen molar-refractivity contribution < 1.29 is 4.39 Å². The number of hydrogen-bond acceptors (Lipinski definition) is 2. The fourth-order valence-electron chi connectivity index (χ4n) is 2.11. The van der Waals surface area contributed by atoms with Gasteiger partial charge in [-0.2, -0.15) is 0 Å². The van der Waals surface area contributed by atoms with E-state index in [1.54, 1.807) is 12.1 Å². The van der Waals surface area contributed by atoms with Gasteiger partial charge in [0.05, 0.1) is 0 Å². The summed E-state index contributed by atoms with van der Waals surface area (Å²) < 4.78 is 13.0. The van der Waals surface area contributed by atoms with Crippen LogP contribution in [0.3, 0.4) is 0 Å². The first-order valence-electron chi connectivity index (χ1n) is 5.50. The summed E-state index contributed by atoms with van der Waals surface area (Å²) in [6.07, 6.45) is 3.21. The minimum atomic E-state index is -0.191. The highest BCUT2D eigenvalue weighted by Crippen LogP contribution is 2.20. The van der Waals surface area contributed by atoms with Crippen LogP contribution in [0.4, 0.5) is 10.1 Å². The van der Waals surface area contributed by atoms with Gasteiger partial charge < -0.3 is 11.1 Å². The van der Waals surface area contributed by atoms with E-state index in [-0.39, 0.29) is 5.82 Å². The maximum absolute atomic E-state index is 13.0. The van der Waals surface area contributed by atoms with Gasteiger partial charge in [0.2, 0.25) is 0 Å². The molecule has 0 aliphatic carbocycles. The van der Waals surface area contributed by atoms with Gasteiger partial charge in [0.15, 0.2) is 0 Å². The molecule has 0 radical (unpaired) electrons. The Morgan fingerprint density at radius 1 is 1.47 bits per heavy atom. The largest absolute Gasteiger partial charge is 0.399 e. The monoisotopic (exact) mass is 208 g/mol. The number of nitrogens with one attached hydrogen (secondary N) is 1. The first kappa shape index (κ1) is 10.4. The first-order valence-corrected chi connectivity index (χ1v) is 5.50. The molecule has 0 amide bonds. The summed E-state index contributed by atoms with van der Waals surface area (Å²) in [5.74, 6) is 0.538. The van der Waals surface area contributed by atoms with Gasteiger partial charge >= 0.3 is 0 Å². The standard InChI is InChI=1S/C12H17FN2/c13-11-3-4-12(14)10(7-11)2-1-9-5-6-15-8-9/h3-4,7,9,15H,1-2,5-6,8,14H2. The van der Waals surface area contributed by atoms with Crippen LogP contribution in [0.1, 0.15) is 18.4 Å². The Hall–Kier alpha value is -1.09. The Morgan fingerprint density at radius 2 is 2.33 bits per heavy atom. The minimum absolute atomic E-state index is 0.191. The maximum atomic E-state index is 13.0. The van der Waals surface area contributed by atoms with Crippen molar-refractivity contribution >= 4 is 5.69 Å². The molecule has 0 bridgehead atoms. The molecular formula is C12H17FN2. The summed E-state index contributed by atoms with van der Waals surface area (Å²) in [6.45, 7) is 2.21. The Balaban J connectivity index is 1.94. The van der Waals surface area contributed by atoms with E-state index in [0.29, 0.717) is 5.69 Å². The number of aryl methyl sites for hydroxylation is 1. The molecule has 1 unspecified atom stereocenters. The third-order valence-electron chi connectivity index (χ3n) is 3.09. The molecule has 15 heavy (non-hydrogen) atoms. The zero-order valence-electron chi connectivity index (χ0n) is 8.80. The molecule has 1 heterocycles. The Labute approximate surface area is 89.7 Å². The second-order valence-electron chi connectivity index (χ2n) is 4.24. The van der Waals surface area contributed by atoms with Gasteiger partial charge in [-0.15, -0.1) is 0 Å². The van der Waals surface area contributed by atoms with Crippen molar-refractivity contribution in [1.29, 1.82) is 0 Å². The van der Waals surface area contributed by atoms with E-state index in [4.69, 9.17) is 5.73 Å². The van der Waals surface area contributed by atoms with Gasteiger partial charge in [0, 0.05) is 5.69 Å². The van der Waals surface area contributed by atoms with Crippen LogP contribution >= 0.6 is 0 Å². The lowest BCUT2D eigenvalue weighted by molar-refractivity contribution is 0.531. The van der Waals surface area contributed by atoms with Crippen LogP contribution in [0.5, 0.6) is 0 Å². The van der Waals surface area contributed by atoms with Crippen molar-refractivity contribution in [3.05, 3.63) is 29.6 Å². The molecule has 1 aliphatic heterocycles. The topological polar surface area (TPSA) is 38.0 Å². The van der Waals surface area contributed by atoms with Gasteiger partial charge in [-0.1, -0.05) is 0 Å². The predicted molar refractivity (Wildman–Crippen MR) is 60.1 cm³/mol. The molecular weight excluding hydrogens is 191 g/mol. The van der Waals surface area contributed by atoms with Gasteiger partial charge in [-0.05, 0) is 62.0 Å². The molecule has 3 heteroatoms. The average molecular weight is 208 g/mol. The number of anilines is 1. The summed E-state index contributed by atoms with van der Waals surface area (Å²) in [6, 6.07) is 4.62. The average Bonchev–Trinajstić information content (AvgIpc) is 2.72. The number of halogens is 1. The van der Waals surface area contributed by atoms with E-state index in [9.17, 15) is 4.39 Å². The molecule has 1 aliphatic rings. The summed E-state index contributed by atoms with van der Waals surface area (Å²) in [4.78, 5) is 0. The summed E-state index contributed by atoms with van der Waals surface area (Å²) in [5, 5.41) is 3.33. The van der Waals surface area contributed by atoms with E-state index >= 15 is 0 Å². The van der Waals surface area contributed by atoms with Crippen molar-refractivity contribution in [2.45, 2.75) is 19.3 Å². The van der Waals surface area contributed by atoms with Crippen LogP contribution < -0.4 is 11.1 Å². The van der Waals surface area contributed by atoms with E-state index in [1.165, 1.54) is 12.5 Å². The van der Waals surface area contributed by atoms with Crippen LogP contribution in [-0.4, -0.2) is 13.1 Å². The quantitative estimate of drug-likeness (QED) is 0.745. The van der Waals surface area contributed by atoms with Crippen molar-refractivity contribution in [2.24, 2.45) is 5.92 Å². The summed E-state index contributed by atoms with van der Waals surface area (Å²) in [5.41, 5.74) is 7.45. The molecule has 0 saturated carbocycles. The second-order valence-corrected chi connectivity index (χ2v) is 4.24. The van der Waals surface area contributed by atoms with Crippen molar-refractivity contribution in [1.82, 2.24) is 5.32 Å². The number of benzene rings is 1. The molecule has 1 fully saturated rings. The highest BCUT2D eigenvalue weighted by atomic mass is 19.1. The third-order valence-corrected chi connectivity index (χ3v) is 3.09. The molecule has 1 atom stereocenters. The number of nitrogens with two attached hydrogens (primary N) is 1. The van der Waals surface area contributed by atoms with Crippen molar-refractivity contribution in [3.63, 3.8) is 0 Å². The molecule has 82 valence electrons. The maximum Gasteiger partial charge on any atom is 0.123 e. The zero-order valence-corrected chi connectivity index (χ0v) is 8.80. The van der Waals surface area contributed by atoms with Crippen LogP contribution in [0.15, 0.2) is 18.2 Å². The Morgan fingerprint density at radius 3 is 3.07 bits per heavy atom. The lowest BCUT2D eigenvalue weighted by Crippen LogP contribution is -2.09. The normalized spacial score (nSPS) is 20.7. The zero-order chi connectivity index (χ0) is 10.7. The molecule has 2 rings (SSSR count). The van der Waals surface area contributed by atoms with Crippen LogP contribution in [0.25, 0.3) is 0 Å². The Bertz CT molecular complexity index is 332. The summed E-state index contributed by atoms with van der Waals surface area (Å²) in [7, 11) is 0. The fraction of sp³-hybridized carbons (Fsp3) is 0.500. The lowest BCUT2D eigenvalue weighted by atomic mass is 9.98. The van der Waals surface area contributed by atoms with Crippen molar-refractivity contribution in [3.8, 4) is 0 Å². The van der Waals surface area contributed by atoms with Gasteiger partial charge in [0.1, 0.15) is 5.82 Å². The van der Waals surface area contributed by atoms with E-state index in [1.807, 2.05) is 0 Å². The predicted octanol–water partition coefficient (Wildman–Crippen LogP) is 1.95. The molecule has 1 saturated heterocycles. The molecule has 3 N–H and O–H groups in total. The van der Waals surface area contributed by atoms with Crippen LogP contribution in [0, 0.1) is 11.7 Å². The van der Waals surface area contributed by atoms with E-state index in [0.717, 1.165) is 37.4 Å². The molecule has 1 aromatic rings. The first-order chi connectivity index (χ1) is 7.25. The van der Waals surface area contributed by atoms with E-state index in [2.05, 4.69) is 5.32 Å². The second kappa shape index (κ2) is 4.62. The number of rotatable bonds is 3. The molecule has 1 aromatic carbocycles. The SMILES string of the molecule is Nc1ccc(F)cc1CCC1CCNC1. The molecule has 0 spiro atoms. The number of hydrogen-bond donors (Lipinski definition) is 2. The highest BCUT2D eigenvalue weighted by Gasteiger charge is 2.14. The van der Waals surface area contributed by atoms with Gasteiger partial charge in [-0.25, -0.2) is 4.39 Å². The Kier molecular flexibility index (Phi) is 3.21. The third kappa shape index (κ3) is 2.69. The number of nitrogen functional groups attached to an aromatic ring is 1. The summed E-state index contributed by atoms with van der Waals surface area (Å²) >= 11 is 0. The van der Waals surface area contributed by atoms with Gasteiger partial charge in [0.25, 0.3) is 0 Å². The lowest BCUT2D eigenvalue weighted by Gasteiger charge is -2.09. The smallest absolute Gasteiger partial charge is 0.123 e. The van der Waals surface area contributed by atoms with Crippen LogP contribution in [0.2, 0.25) is 0 Å². The van der Waals surface area contributed by atoms with Gasteiger partial charge in [-0.3, -0.25) is 0 Å². The molecule has 2 nitrogen and oxygen atoms in total. The highest BCUT2D eigenvalue weighted by molar-refractivity contribution is 5.46. The molecule has 0 aromatic heterocycles. The van der Waals surface area contributed by atoms with E-state index < -0.39 is 0 Å². The van der Waals surface area contributed by atoms with Crippen LogP contribution in [-0.2, 0) is 6.42 Å². The fourth-order valence-corrected chi connectivity index (χ4v) is 2.11. The van der Waals surface area contributed by atoms with Crippen molar-refractivity contribution in [2.75, 3.05) is 18.8 Å². The minimum Gasteiger partial charge on any atom is -0.399 e.